The number of benzene rings is 1. The zero-order valence-electron chi connectivity index (χ0n) is 11.0. The van der Waals surface area contributed by atoms with Gasteiger partial charge >= 0.3 is 0 Å². The van der Waals surface area contributed by atoms with Crippen LogP contribution in [0.1, 0.15) is 17.3 Å². The highest BCUT2D eigenvalue weighted by atomic mass is 35.7. The largest absolute Gasteiger partial charge is 0.384 e. The highest BCUT2D eigenvalue weighted by Gasteiger charge is 2.19. The molecule has 0 bridgehead atoms. The Bertz CT molecular complexity index is 591. The van der Waals surface area contributed by atoms with E-state index >= 15 is 0 Å². The molecule has 0 radical (unpaired) electrons. The molecule has 0 aliphatic rings. The minimum atomic E-state index is -4.23. The number of hydrogen-bond donors (Lipinski definition) is 1. The van der Waals surface area contributed by atoms with E-state index in [1.807, 2.05) is 6.92 Å². The lowest BCUT2D eigenvalue weighted by Crippen LogP contribution is -2.30. The quantitative estimate of drug-likeness (QED) is 0.810. The van der Waals surface area contributed by atoms with Crippen molar-refractivity contribution in [2.45, 2.75) is 11.8 Å². The van der Waals surface area contributed by atoms with E-state index in [4.69, 9.17) is 15.4 Å². The summed E-state index contributed by atoms with van der Waals surface area (Å²) in [4.78, 5) is 11.1. The van der Waals surface area contributed by atoms with Crippen LogP contribution in [-0.4, -0.2) is 34.6 Å². The molecule has 112 valence electrons. The number of carbonyl (C=O) groups is 1. The van der Waals surface area contributed by atoms with Crippen LogP contribution in [0.3, 0.4) is 0 Å². The minimum Gasteiger partial charge on any atom is -0.384 e. The molecule has 8 heteroatoms. The molecule has 0 aliphatic carbocycles. The maximum absolute atomic E-state index is 13.3. The molecule has 1 unspecified atom stereocenters. The fraction of sp³-hybridized carbons (Fsp3) is 0.417. The maximum Gasteiger partial charge on any atom is 0.264 e. The van der Waals surface area contributed by atoms with Gasteiger partial charge in [-0.05, 0) is 24.1 Å². The standard InChI is InChI=1S/C12H15ClFNO4S/c1-8(7-19-2)6-15-12(16)9-3-4-10(14)11(5-9)20(13,17)18/h3-5,8H,6-7H2,1-2H3,(H,15,16). The first kappa shape index (κ1) is 16.9. The van der Waals surface area contributed by atoms with Crippen LogP contribution in [0, 0.1) is 11.7 Å². The van der Waals surface area contributed by atoms with Gasteiger partial charge in [0.1, 0.15) is 10.7 Å². The summed E-state index contributed by atoms with van der Waals surface area (Å²) in [7, 11) is 2.41. The average molecular weight is 324 g/mol. The number of halogens is 2. The van der Waals surface area contributed by atoms with E-state index < -0.39 is 25.7 Å². The highest BCUT2D eigenvalue weighted by molar-refractivity contribution is 8.13. The summed E-state index contributed by atoms with van der Waals surface area (Å²) in [6, 6.07) is 2.99. The van der Waals surface area contributed by atoms with Gasteiger partial charge in [-0.25, -0.2) is 12.8 Å². The molecular formula is C12H15ClFNO4S. The van der Waals surface area contributed by atoms with Gasteiger partial charge in [0, 0.05) is 29.9 Å². The van der Waals surface area contributed by atoms with Gasteiger partial charge in [0.05, 0.1) is 6.61 Å². The van der Waals surface area contributed by atoms with Gasteiger partial charge in [-0.1, -0.05) is 6.92 Å². The normalized spacial score (nSPS) is 13.0. The van der Waals surface area contributed by atoms with Crippen LogP contribution in [0.4, 0.5) is 4.39 Å². The number of methoxy groups -OCH3 is 1. The molecule has 0 aromatic heterocycles. The molecule has 0 fully saturated rings. The SMILES string of the molecule is COCC(C)CNC(=O)c1ccc(F)c(S(=O)(=O)Cl)c1. The van der Waals surface area contributed by atoms with Crippen molar-refractivity contribution in [1.82, 2.24) is 5.32 Å². The fourth-order valence-electron chi connectivity index (χ4n) is 1.54. The molecule has 1 amide bonds. The molecule has 0 saturated carbocycles. The van der Waals surface area contributed by atoms with Crippen LogP contribution in [0.5, 0.6) is 0 Å². The molecule has 0 heterocycles. The van der Waals surface area contributed by atoms with Crippen molar-refractivity contribution in [3.05, 3.63) is 29.6 Å². The number of hydrogen-bond acceptors (Lipinski definition) is 4. The zero-order chi connectivity index (χ0) is 15.3. The van der Waals surface area contributed by atoms with Crippen LogP contribution in [0.2, 0.25) is 0 Å². The molecular weight excluding hydrogens is 309 g/mol. The van der Waals surface area contributed by atoms with E-state index in [1.165, 1.54) is 6.07 Å². The summed E-state index contributed by atoms with van der Waals surface area (Å²) in [5.74, 6) is -1.40. The Morgan fingerprint density at radius 1 is 1.50 bits per heavy atom. The van der Waals surface area contributed by atoms with Crippen LogP contribution in [-0.2, 0) is 13.8 Å². The lowest BCUT2D eigenvalue weighted by Gasteiger charge is -2.11. The van der Waals surface area contributed by atoms with Gasteiger partial charge in [0.25, 0.3) is 15.0 Å². The van der Waals surface area contributed by atoms with Crippen LogP contribution < -0.4 is 5.32 Å². The third-order valence-electron chi connectivity index (χ3n) is 2.52. The summed E-state index contributed by atoms with van der Waals surface area (Å²) < 4.78 is 40.6. The van der Waals surface area contributed by atoms with Crippen molar-refractivity contribution < 1.29 is 22.3 Å². The Labute approximate surface area is 121 Å². The molecule has 20 heavy (non-hydrogen) atoms. The van der Waals surface area contributed by atoms with Crippen molar-refractivity contribution >= 4 is 25.6 Å². The highest BCUT2D eigenvalue weighted by Crippen LogP contribution is 2.20. The summed E-state index contributed by atoms with van der Waals surface area (Å²) in [5, 5.41) is 2.60. The van der Waals surface area contributed by atoms with E-state index in [-0.39, 0.29) is 11.5 Å². The summed E-state index contributed by atoms with van der Waals surface area (Å²) in [6.45, 7) is 2.71. The summed E-state index contributed by atoms with van der Waals surface area (Å²) in [5.41, 5.74) is 0.0234. The lowest BCUT2D eigenvalue weighted by molar-refractivity contribution is 0.0934. The number of carbonyl (C=O) groups excluding carboxylic acids is 1. The molecule has 1 aromatic rings. The fourth-order valence-corrected chi connectivity index (χ4v) is 2.47. The number of nitrogens with one attached hydrogen (secondary N) is 1. The van der Waals surface area contributed by atoms with Gasteiger partial charge in [0.2, 0.25) is 0 Å². The Morgan fingerprint density at radius 2 is 2.15 bits per heavy atom. The topological polar surface area (TPSA) is 72.5 Å². The van der Waals surface area contributed by atoms with E-state index in [0.717, 1.165) is 12.1 Å². The maximum atomic E-state index is 13.3. The second-order valence-corrected chi connectivity index (χ2v) is 6.89. The van der Waals surface area contributed by atoms with Gasteiger partial charge in [0.15, 0.2) is 0 Å². The first-order valence-corrected chi connectivity index (χ1v) is 8.08. The van der Waals surface area contributed by atoms with E-state index in [2.05, 4.69) is 5.32 Å². The first-order chi connectivity index (χ1) is 9.25. The Hall–Kier alpha value is -1.18. The van der Waals surface area contributed by atoms with Crippen LogP contribution >= 0.6 is 10.7 Å². The first-order valence-electron chi connectivity index (χ1n) is 5.77. The third-order valence-corrected chi connectivity index (χ3v) is 3.86. The van der Waals surface area contributed by atoms with Gasteiger partial charge in [-0.2, -0.15) is 0 Å². The smallest absolute Gasteiger partial charge is 0.264 e. The predicted octanol–water partition coefficient (Wildman–Crippen LogP) is 1.77. The second kappa shape index (κ2) is 7.01. The van der Waals surface area contributed by atoms with Gasteiger partial charge in [-0.3, -0.25) is 4.79 Å². The summed E-state index contributed by atoms with van der Waals surface area (Å²) >= 11 is 0. The molecule has 0 spiro atoms. The van der Waals surface area contributed by atoms with Gasteiger partial charge < -0.3 is 10.1 Å². The van der Waals surface area contributed by atoms with Gasteiger partial charge in [-0.15, -0.1) is 0 Å². The Kier molecular flexibility index (Phi) is 5.91. The molecule has 1 rings (SSSR count). The van der Waals surface area contributed by atoms with Crippen molar-refractivity contribution in [2.75, 3.05) is 20.3 Å². The molecule has 0 saturated heterocycles. The van der Waals surface area contributed by atoms with E-state index in [1.54, 1.807) is 7.11 Å². The Balaban J connectivity index is 2.85. The van der Waals surface area contributed by atoms with Crippen LogP contribution in [0.15, 0.2) is 23.1 Å². The van der Waals surface area contributed by atoms with Crippen molar-refractivity contribution in [1.29, 1.82) is 0 Å². The average Bonchev–Trinajstić information content (AvgIpc) is 2.35. The molecule has 1 atom stereocenters. The second-order valence-electron chi connectivity index (χ2n) is 4.35. The van der Waals surface area contributed by atoms with Crippen molar-refractivity contribution in [2.24, 2.45) is 5.92 Å². The summed E-state index contributed by atoms with van der Waals surface area (Å²) in [6.07, 6.45) is 0. The van der Waals surface area contributed by atoms with Crippen LogP contribution in [0.25, 0.3) is 0 Å². The lowest BCUT2D eigenvalue weighted by atomic mass is 10.1. The minimum absolute atomic E-state index is 0.0234. The number of ether oxygens (including phenoxy) is 1. The van der Waals surface area contributed by atoms with E-state index in [0.29, 0.717) is 13.2 Å². The predicted molar refractivity (Wildman–Crippen MR) is 72.8 cm³/mol. The number of rotatable bonds is 6. The number of amides is 1. The molecule has 1 N–H and O–H groups in total. The van der Waals surface area contributed by atoms with Crippen molar-refractivity contribution in [3.8, 4) is 0 Å². The Morgan fingerprint density at radius 3 is 2.70 bits per heavy atom. The monoisotopic (exact) mass is 323 g/mol. The molecule has 0 aliphatic heterocycles. The van der Waals surface area contributed by atoms with Crippen molar-refractivity contribution in [3.63, 3.8) is 0 Å². The molecule has 1 aromatic carbocycles. The molecule has 5 nitrogen and oxygen atoms in total. The van der Waals surface area contributed by atoms with E-state index in [9.17, 15) is 17.6 Å². The zero-order valence-corrected chi connectivity index (χ0v) is 12.6. The third kappa shape index (κ3) is 4.73.